The van der Waals surface area contributed by atoms with Crippen LogP contribution in [0.3, 0.4) is 0 Å². The Morgan fingerprint density at radius 3 is 2.05 bits per heavy atom. The molecule has 0 amide bonds. The highest BCUT2D eigenvalue weighted by Crippen LogP contribution is 2.43. The van der Waals surface area contributed by atoms with Crippen LogP contribution < -0.4 is 20.7 Å². The number of nitrogens with one attached hydrogen (secondary N) is 1. The van der Waals surface area contributed by atoms with Crippen LogP contribution in [0.25, 0.3) is 10.4 Å². The number of hydrogen-bond donors (Lipinski definition) is 1. The van der Waals surface area contributed by atoms with Gasteiger partial charge >= 0.3 is 5.69 Å². The predicted octanol–water partition coefficient (Wildman–Crippen LogP) is 4.53. The zero-order valence-electron chi connectivity index (χ0n) is 22.5. The van der Waals surface area contributed by atoms with Crippen molar-refractivity contribution in [3.05, 3.63) is 139 Å². The van der Waals surface area contributed by atoms with E-state index in [2.05, 4.69) is 15.0 Å². The monoisotopic (exact) mass is 555 g/mol. The second-order valence-corrected chi connectivity index (χ2v) is 9.47. The van der Waals surface area contributed by atoms with Gasteiger partial charge in [-0.3, -0.25) is 14.3 Å². The molecule has 1 fully saturated rings. The van der Waals surface area contributed by atoms with Gasteiger partial charge in [0.05, 0.1) is 33.0 Å². The van der Waals surface area contributed by atoms with Crippen molar-refractivity contribution >= 4 is 0 Å². The van der Waals surface area contributed by atoms with Crippen molar-refractivity contribution in [2.24, 2.45) is 5.11 Å². The Bertz CT molecular complexity index is 1580. The van der Waals surface area contributed by atoms with Crippen LogP contribution in [-0.2, 0) is 15.1 Å². The summed E-state index contributed by atoms with van der Waals surface area (Å²) in [5.74, 6) is 1.39. The Kier molecular flexibility index (Phi) is 8.21. The molecule has 0 radical (unpaired) electrons. The molecule has 2 heterocycles. The van der Waals surface area contributed by atoms with E-state index in [4.69, 9.17) is 18.9 Å². The first-order valence-electron chi connectivity index (χ1n) is 13.0. The number of rotatable bonds is 10. The largest absolute Gasteiger partial charge is 0.497 e. The number of hydrogen-bond acceptors (Lipinski definition) is 7. The molecule has 0 saturated carbocycles. The van der Waals surface area contributed by atoms with Crippen molar-refractivity contribution in [2.45, 2.75) is 30.4 Å². The minimum Gasteiger partial charge on any atom is -0.497 e. The first kappa shape index (κ1) is 27.7. The van der Waals surface area contributed by atoms with E-state index in [1.165, 1.54) is 16.8 Å². The van der Waals surface area contributed by atoms with Gasteiger partial charge in [-0.1, -0.05) is 59.7 Å². The lowest BCUT2D eigenvalue weighted by molar-refractivity contribution is -0.0796. The molecule has 11 nitrogen and oxygen atoms in total. The van der Waals surface area contributed by atoms with Crippen LogP contribution in [-0.4, -0.2) is 42.5 Å². The number of azide groups is 1. The van der Waals surface area contributed by atoms with Crippen LogP contribution in [0.5, 0.6) is 11.5 Å². The van der Waals surface area contributed by atoms with Crippen LogP contribution in [0.4, 0.5) is 0 Å². The maximum absolute atomic E-state index is 12.4. The summed E-state index contributed by atoms with van der Waals surface area (Å²) in [6, 6.07) is 25.6. The number of H-pyrrole nitrogens is 1. The quantitative estimate of drug-likeness (QED) is 0.132. The van der Waals surface area contributed by atoms with Crippen molar-refractivity contribution in [3.8, 4) is 11.5 Å². The standard InChI is InChI=1S/C30H29N5O6/c1-38-23-12-8-21(9-13-23)30(20-6-4-3-5-7-20,22-10-14-24(39-2)15-11-22)40-19-26-25(33-34-31)18-28(41-26)35-17-16-27(36)32-29(35)37/h3-17,25-26,28H,18-19H2,1-2H3,(H,32,36,37). The summed E-state index contributed by atoms with van der Waals surface area (Å²) in [6.45, 7) is 0.0191. The summed E-state index contributed by atoms with van der Waals surface area (Å²) < 4.78 is 25.2. The maximum atomic E-state index is 12.4. The fourth-order valence-corrected chi connectivity index (χ4v) is 5.16. The smallest absolute Gasteiger partial charge is 0.330 e. The van der Waals surface area contributed by atoms with E-state index < -0.39 is 35.2 Å². The minimum absolute atomic E-state index is 0.0191. The number of ether oxygens (including phenoxy) is 4. The van der Waals surface area contributed by atoms with Gasteiger partial charge in [0.1, 0.15) is 23.3 Å². The van der Waals surface area contributed by atoms with E-state index in [1.807, 2.05) is 78.9 Å². The van der Waals surface area contributed by atoms with E-state index in [0.717, 1.165) is 16.7 Å². The third-order valence-electron chi connectivity index (χ3n) is 7.20. The zero-order chi connectivity index (χ0) is 28.8. The van der Waals surface area contributed by atoms with Crippen molar-refractivity contribution in [3.63, 3.8) is 0 Å². The normalized spacial score (nSPS) is 18.4. The lowest BCUT2D eigenvalue weighted by atomic mass is 9.80. The highest BCUT2D eigenvalue weighted by molar-refractivity contribution is 5.49. The number of benzene rings is 3. The topological polar surface area (TPSA) is 141 Å². The molecule has 0 spiro atoms. The second kappa shape index (κ2) is 12.1. The average molecular weight is 556 g/mol. The average Bonchev–Trinajstić information content (AvgIpc) is 3.41. The maximum Gasteiger partial charge on any atom is 0.330 e. The van der Waals surface area contributed by atoms with Crippen molar-refractivity contribution in [1.82, 2.24) is 9.55 Å². The third-order valence-corrected chi connectivity index (χ3v) is 7.20. The summed E-state index contributed by atoms with van der Waals surface area (Å²) in [5.41, 5.74) is 9.58. The molecule has 210 valence electrons. The number of nitrogens with zero attached hydrogens (tertiary/aromatic N) is 4. The molecule has 11 heteroatoms. The van der Waals surface area contributed by atoms with E-state index >= 15 is 0 Å². The second-order valence-electron chi connectivity index (χ2n) is 9.47. The van der Waals surface area contributed by atoms with E-state index in [1.54, 1.807) is 14.2 Å². The van der Waals surface area contributed by atoms with Crippen LogP contribution in [0.1, 0.15) is 29.3 Å². The van der Waals surface area contributed by atoms with E-state index in [-0.39, 0.29) is 13.0 Å². The Labute approximate surface area is 235 Å². The third kappa shape index (κ3) is 5.59. The van der Waals surface area contributed by atoms with Gasteiger partial charge in [-0.15, -0.1) is 0 Å². The van der Waals surface area contributed by atoms with Crippen LogP contribution in [0, 0.1) is 0 Å². The summed E-state index contributed by atoms with van der Waals surface area (Å²) in [5, 5.41) is 3.95. The molecule has 0 aliphatic carbocycles. The Morgan fingerprint density at radius 1 is 0.927 bits per heavy atom. The molecule has 1 N–H and O–H groups in total. The predicted molar refractivity (Wildman–Crippen MR) is 151 cm³/mol. The van der Waals surface area contributed by atoms with E-state index in [9.17, 15) is 15.1 Å². The molecule has 1 saturated heterocycles. The molecule has 5 rings (SSSR count). The lowest BCUT2D eigenvalue weighted by Crippen LogP contribution is -2.37. The molecule has 0 bridgehead atoms. The van der Waals surface area contributed by atoms with Crippen LogP contribution in [0.2, 0.25) is 0 Å². The molecule has 3 atom stereocenters. The van der Waals surface area contributed by atoms with Gasteiger partial charge in [-0.2, -0.15) is 0 Å². The molecular formula is C30H29N5O6. The molecule has 1 aromatic heterocycles. The van der Waals surface area contributed by atoms with Crippen molar-refractivity contribution < 1.29 is 18.9 Å². The Balaban J connectivity index is 1.57. The van der Waals surface area contributed by atoms with Gasteiger partial charge in [0.25, 0.3) is 5.56 Å². The van der Waals surface area contributed by atoms with Crippen molar-refractivity contribution in [2.75, 3.05) is 20.8 Å². The summed E-state index contributed by atoms with van der Waals surface area (Å²) >= 11 is 0. The van der Waals surface area contributed by atoms with Gasteiger partial charge < -0.3 is 18.9 Å². The molecule has 3 unspecified atom stereocenters. The van der Waals surface area contributed by atoms with Gasteiger partial charge in [0, 0.05) is 23.6 Å². The van der Waals surface area contributed by atoms with Gasteiger partial charge in [0.2, 0.25) is 0 Å². The van der Waals surface area contributed by atoms with Crippen molar-refractivity contribution in [1.29, 1.82) is 0 Å². The van der Waals surface area contributed by atoms with E-state index in [0.29, 0.717) is 11.5 Å². The molecule has 4 aromatic rings. The number of aromatic amines is 1. The summed E-state index contributed by atoms with van der Waals surface area (Å²) in [4.78, 5) is 29.3. The SMILES string of the molecule is COc1ccc(C(OCC2OC(n3ccc(=O)[nH]c3=O)CC2N=[N+]=[N-])(c2ccccc2)c2ccc(OC)cc2)cc1. The molecule has 1 aliphatic rings. The fraction of sp³-hybridized carbons (Fsp3) is 0.267. The molecule has 41 heavy (non-hydrogen) atoms. The molecule has 1 aliphatic heterocycles. The highest BCUT2D eigenvalue weighted by Gasteiger charge is 2.42. The zero-order valence-corrected chi connectivity index (χ0v) is 22.5. The van der Waals surface area contributed by atoms with Gasteiger partial charge in [-0.25, -0.2) is 4.79 Å². The Morgan fingerprint density at radius 2 is 1.51 bits per heavy atom. The summed E-state index contributed by atoms with van der Waals surface area (Å²) in [7, 11) is 3.22. The summed E-state index contributed by atoms with van der Waals surface area (Å²) in [6.07, 6.45) is 0.157. The first-order chi connectivity index (χ1) is 20.0. The van der Waals surface area contributed by atoms with Gasteiger partial charge in [0.15, 0.2) is 0 Å². The number of aromatic nitrogens is 2. The van der Waals surface area contributed by atoms with Crippen LogP contribution in [0.15, 0.2) is 106 Å². The highest BCUT2D eigenvalue weighted by atomic mass is 16.6. The Hall–Kier alpha value is -4.83. The first-order valence-corrected chi connectivity index (χ1v) is 13.0. The number of methoxy groups -OCH3 is 2. The van der Waals surface area contributed by atoms with Crippen LogP contribution >= 0.6 is 0 Å². The lowest BCUT2D eigenvalue weighted by Gasteiger charge is -2.37. The van der Waals surface area contributed by atoms with Gasteiger partial charge in [-0.05, 0) is 46.5 Å². The molecule has 3 aromatic carbocycles. The minimum atomic E-state index is -1.10. The molecular weight excluding hydrogens is 526 g/mol. The fourth-order valence-electron chi connectivity index (χ4n) is 5.16.